The summed E-state index contributed by atoms with van der Waals surface area (Å²) in [6.07, 6.45) is 3.28. The lowest BCUT2D eigenvalue weighted by Crippen LogP contribution is -2.05. The molecule has 23 heavy (non-hydrogen) atoms. The van der Waals surface area contributed by atoms with Crippen LogP contribution in [0.4, 0.5) is 13.2 Å². The fourth-order valence-electron chi connectivity index (χ4n) is 2.32. The van der Waals surface area contributed by atoms with Crippen molar-refractivity contribution in [1.82, 2.24) is 9.38 Å². The molecule has 4 nitrogen and oxygen atoms in total. The summed E-state index contributed by atoms with van der Waals surface area (Å²) >= 11 is 0. The number of benzene rings is 1. The van der Waals surface area contributed by atoms with Gasteiger partial charge in [-0.3, -0.25) is 0 Å². The van der Waals surface area contributed by atoms with Gasteiger partial charge in [-0.25, -0.2) is 4.39 Å². The molecule has 3 aromatic rings. The highest BCUT2D eigenvalue weighted by atomic mass is 19.3. The van der Waals surface area contributed by atoms with E-state index in [2.05, 4.69) is 9.72 Å². The van der Waals surface area contributed by atoms with Crippen molar-refractivity contribution in [2.45, 2.75) is 13.0 Å². The zero-order valence-electron chi connectivity index (χ0n) is 12.2. The van der Waals surface area contributed by atoms with Gasteiger partial charge >= 0.3 is 6.61 Å². The summed E-state index contributed by atoms with van der Waals surface area (Å²) < 4.78 is 50.2. The van der Waals surface area contributed by atoms with Gasteiger partial charge in [-0.1, -0.05) is 18.2 Å². The van der Waals surface area contributed by atoms with Crippen molar-refractivity contribution >= 4 is 5.65 Å². The summed E-state index contributed by atoms with van der Waals surface area (Å²) in [5.74, 6) is -0.0780. The van der Waals surface area contributed by atoms with E-state index < -0.39 is 12.4 Å². The first-order valence-corrected chi connectivity index (χ1v) is 6.80. The molecule has 1 aromatic carbocycles. The maximum atomic E-state index is 14.2. The maximum Gasteiger partial charge on any atom is 0.387 e. The third-order valence-corrected chi connectivity index (χ3v) is 3.38. The first-order chi connectivity index (χ1) is 11.1. The Morgan fingerprint density at radius 1 is 1.17 bits per heavy atom. The number of nitrogens with zero attached hydrogens (tertiary/aromatic N) is 2. The molecular weight excluding hydrogens is 309 g/mol. The van der Waals surface area contributed by atoms with E-state index in [4.69, 9.17) is 4.74 Å². The number of halogens is 3. The minimum atomic E-state index is -2.93. The molecule has 0 fully saturated rings. The van der Waals surface area contributed by atoms with Gasteiger partial charge < -0.3 is 13.9 Å². The van der Waals surface area contributed by atoms with Crippen LogP contribution in [0.2, 0.25) is 0 Å². The summed E-state index contributed by atoms with van der Waals surface area (Å²) in [6.45, 7) is -2.93. The lowest BCUT2D eigenvalue weighted by Gasteiger charge is -2.11. The summed E-state index contributed by atoms with van der Waals surface area (Å²) in [5, 5.41) is 0. The molecule has 0 amide bonds. The highest BCUT2D eigenvalue weighted by molar-refractivity contribution is 5.45. The van der Waals surface area contributed by atoms with Gasteiger partial charge in [0, 0.05) is 24.2 Å². The molecule has 0 N–H and O–H groups in total. The number of rotatable bonds is 5. The number of para-hydroxylation sites is 1. The van der Waals surface area contributed by atoms with Gasteiger partial charge in [0.25, 0.3) is 0 Å². The second-order valence-corrected chi connectivity index (χ2v) is 4.86. The van der Waals surface area contributed by atoms with E-state index in [0.29, 0.717) is 22.7 Å². The van der Waals surface area contributed by atoms with E-state index >= 15 is 0 Å². The van der Waals surface area contributed by atoms with Crippen molar-refractivity contribution in [3.8, 4) is 11.6 Å². The molecule has 0 saturated heterocycles. The van der Waals surface area contributed by atoms with Gasteiger partial charge in [0.1, 0.15) is 17.2 Å². The average molecular weight is 322 g/mol. The molecule has 120 valence electrons. The topological polar surface area (TPSA) is 35.8 Å². The zero-order valence-corrected chi connectivity index (χ0v) is 12.2. The van der Waals surface area contributed by atoms with E-state index in [9.17, 15) is 13.2 Å². The molecular formula is C16H13F3N2O2. The predicted octanol–water partition coefficient (Wildman–Crippen LogP) is 3.67. The van der Waals surface area contributed by atoms with Crippen molar-refractivity contribution in [2.75, 3.05) is 7.11 Å². The molecule has 0 atom stereocenters. The first kappa shape index (κ1) is 15.2. The number of fused-ring (bicyclic) bond motifs is 1. The highest BCUT2D eigenvalue weighted by Crippen LogP contribution is 2.25. The summed E-state index contributed by atoms with van der Waals surface area (Å²) in [5.41, 5.74) is 1.21. The normalized spacial score (nSPS) is 11.2. The van der Waals surface area contributed by atoms with Crippen LogP contribution < -0.4 is 9.47 Å². The van der Waals surface area contributed by atoms with Gasteiger partial charge in [0.15, 0.2) is 0 Å². The van der Waals surface area contributed by atoms with Crippen LogP contribution in [0.1, 0.15) is 11.1 Å². The minimum Gasteiger partial charge on any atom is -0.480 e. The van der Waals surface area contributed by atoms with Crippen LogP contribution in [0, 0.1) is 5.82 Å². The van der Waals surface area contributed by atoms with Crippen LogP contribution in [0.15, 0.2) is 42.7 Å². The molecule has 0 saturated carbocycles. The van der Waals surface area contributed by atoms with Crippen molar-refractivity contribution < 1.29 is 22.6 Å². The third-order valence-electron chi connectivity index (χ3n) is 3.38. The van der Waals surface area contributed by atoms with E-state index in [0.717, 1.165) is 0 Å². The maximum absolute atomic E-state index is 14.2. The number of imidazole rings is 1. The van der Waals surface area contributed by atoms with E-state index in [1.54, 1.807) is 35.0 Å². The van der Waals surface area contributed by atoms with Crippen molar-refractivity contribution in [3.63, 3.8) is 0 Å². The van der Waals surface area contributed by atoms with E-state index in [1.165, 1.54) is 19.2 Å². The van der Waals surface area contributed by atoms with Gasteiger partial charge in [-0.2, -0.15) is 13.8 Å². The van der Waals surface area contributed by atoms with Gasteiger partial charge in [-0.05, 0) is 11.6 Å². The Balaban J connectivity index is 1.96. The molecule has 3 rings (SSSR count). The van der Waals surface area contributed by atoms with Crippen LogP contribution >= 0.6 is 0 Å². The summed E-state index contributed by atoms with van der Waals surface area (Å²) in [6, 6.07) is 7.59. The zero-order chi connectivity index (χ0) is 16.4. The Kier molecular flexibility index (Phi) is 4.10. The standard InChI is InChI=1S/C16H13F3N2O2/c1-22-15-9-21-8-11(12(17)7-14(21)20-15)6-10-4-2-3-5-13(10)23-16(18)19/h2-5,7-9,16H,6H2,1H3. The first-order valence-electron chi connectivity index (χ1n) is 6.80. The average Bonchev–Trinajstić information content (AvgIpc) is 2.91. The Labute approximate surface area is 130 Å². The minimum absolute atomic E-state index is 0.0326. The van der Waals surface area contributed by atoms with E-state index in [1.807, 2.05) is 0 Å². The number of alkyl halides is 2. The highest BCUT2D eigenvalue weighted by Gasteiger charge is 2.13. The van der Waals surface area contributed by atoms with Gasteiger partial charge in [0.05, 0.1) is 13.3 Å². The molecule has 0 unspecified atom stereocenters. The lowest BCUT2D eigenvalue weighted by atomic mass is 10.1. The third kappa shape index (κ3) is 3.23. The Bertz CT molecular complexity index is 833. The summed E-state index contributed by atoms with van der Waals surface area (Å²) in [4.78, 5) is 4.07. The molecule has 0 bridgehead atoms. The van der Waals surface area contributed by atoms with Crippen LogP contribution in [0.25, 0.3) is 5.65 Å². The van der Waals surface area contributed by atoms with Crippen LogP contribution in [0.5, 0.6) is 11.6 Å². The Hall–Kier alpha value is -2.70. The Morgan fingerprint density at radius 3 is 2.70 bits per heavy atom. The molecule has 0 aliphatic carbocycles. The fraction of sp³-hybridized carbons (Fsp3) is 0.188. The van der Waals surface area contributed by atoms with Crippen LogP contribution in [0.3, 0.4) is 0 Å². The quantitative estimate of drug-likeness (QED) is 0.719. The van der Waals surface area contributed by atoms with Gasteiger partial charge in [-0.15, -0.1) is 0 Å². The van der Waals surface area contributed by atoms with Crippen molar-refractivity contribution in [3.05, 3.63) is 59.7 Å². The predicted molar refractivity (Wildman–Crippen MR) is 77.6 cm³/mol. The fourth-order valence-corrected chi connectivity index (χ4v) is 2.32. The van der Waals surface area contributed by atoms with Crippen molar-refractivity contribution in [1.29, 1.82) is 0 Å². The second-order valence-electron chi connectivity index (χ2n) is 4.86. The smallest absolute Gasteiger partial charge is 0.387 e. The SMILES string of the molecule is COc1cn2cc(Cc3ccccc3OC(F)F)c(F)cc2n1. The lowest BCUT2D eigenvalue weighted by molar-refractivity contribution is -0.0503. The monoisotopic (exact) mass is 322 g/mol. The largest absolute Gasteiger partial charge is 0.480 e. The van der Waals surface area contributed by atoms with Crippen molar-refractivity contribution in [2.24, 2.45) is 0 Å². The number of hydrogen-bond acceptors (Lipinski definition) is 3. The van der Waals surface area contributed by atoms with Crippen LogP contribution in [-0.2, 0) is 6.42 Å². The number of pyridine rings is 1. The molecule has 0 spiro atoms. The second kappa shape index (κ2) is 6.20. The number of hydrogen-bond donors (Lipinski definition) is 0. The number of methoxy groups -OCH3 is 1. The van der Waals surface area contributed by atoms with Gasteiger partial charge in [0.2, 0.25) is 5.88 Å². The number of ether oxygens (including phenoxy) is 2. The molecule has 7 heteroatoms. The molecule has 0 radical (unpaired) electrons. The Morgan fingerprint density at radius 2 is 1.96 bits per heavy atom. The molecule has 2 aromatic heterocycles. The molecule has 0 aliphatic heterocycles. The molecule has 2 heterocycles. The molecule has 0 aliphatic rings. The van der Waals surface area contributed by atoms with Crippen LogP contribution in [-0.4, -0.2) is 23.1 Å². The van der Waals surface area contributed by atoms with E-state index in [-0.39, 0.29) is 12.2 Å². The summed E-state index contributed by atoms with van der Waals surface area (Å²) in [7, 11) is 1.47. The number of aromatic nitrogens is 2.